The molecule has 0 aliphatic carbocycles. The van der Waals surface area contributed by atoms with E-state index in [0.29, 0.717) is 12.8 Å². The Morgan fingerprint density at radius 1 is 0.659 bits per heavy atom. The lowest BCUT2D eigenvalue weighted by Gasteiger charge is -2.28. The molecule has 0 aliphatic rings. The van der Waals surface area contributed by atoms with Crippen molar-refractivity contribution in [2.75, 3.05) is 6.54 Å². The van der Waals surface area contributed by atoms with Crippen molar-refractivity contribution in [1.82, 2.24) is 16.0 Å². The van der Waals surface area contributed by atoms with Crippen molar-refractivity contribution in [1.29, 1.82) is 0 Å². The Bertz CT molecular complexity index is 1100. The highest BCUT2D eigenvalue weighted by Crippen LogP contribution is 2.18. The number of rotatable bonds is 15. The molecule has 1 unspecified atom stereocenters. The van der Waals surface area contributed by atoms with Crippen molar-refractivity contribution in [3.63, 3.8) is 0 Å². The number of hydrogen-bond donors (Lipinski definition) is 3. The van der Waals surface area contributed by atoms with Gasteiger partial charge in [0.25, 0.3) is 0 Å². The van der Waals surface area contributed by atoms with Gasteiger partial charge in [-0.05, 0) is 97.1 Å². The lowest BCUT2D eigenvalue weighted by atomic mass is 9.92. The van der Waals surface area contributed by atoms with Crippen LogP contribution in [0.4, 0.5) is 9.59 Å². The van der Waals surface area contributed by atoms with Gasteiger partial charge in [0.1, 0.15) is 11.2 Å². The monoisotopic (exact) mass is 609 g/mol. The molecule has 8 heteroatoms. The first-order valence-corrected chi connectivity index (χ1v) is 16.0. The summed E-state index contributed by atoms with van der Waals surface area (Å²) in [7, 11) is 0. The van der Waals surface area contributed by atoms with Crippen LogP contribution < -0.4 is 16.0 Å². The van der Waals surface area contributed by atoms with Crippen molar-refractivity contribution in [2.24, 2.45) is 11.8 Å². The molecule has 244 valence electrons. The fraction of sp³-hybridized carbons (Fsp3) is 0.583. The summed E-state index contributed by atoms with van der Waals surface area (Å²) in [6.07, 6.45) is 3.16. The Labute approximate surface area is 265 Å². The summed E-state index contributed by atoms with van der Waals surface area (Å²) in [6, 6.07) is 19.8. The number of hydrogen-bond acceptors (Lipinski definition) is 5. The summed E-state index contributed by atoms with van der Waals surface area (Å²) in [6.45, 7) is 15.2. The van der Waals surface area contributed by atoms with E-state index in [1.54, 1.807) is 0 Å². The van der Waals surface area contributed by atoms with Crippen LogP contribution >= 0.6 is 0 Å². The number of carbonyl (C=O) groups is 3. The number of amides is 3. The van der Waals surface area contributed by atoms with Gasteiger partial charge in [0.05, 0.1) is 0 Å². The van der Waals surface area contributed by atoms with E-state index in [4.69, 9.17) is 9.47 Å². The van der Waals surface area contributed by atoms with Gasteiger partial charge in [-0.3, -0.25) is 4.79 Å². The molecule has 0 fully saturated rings. The number of carbonyl (C=O) groups excluding carboxylic acids is 3. The van der Waals surface area contributed by atoms with Crippen LogP contribution in [-0.4, -0.2) is 47.9 Å². The molecule has 3 amide bonds. The third-order valence-corrected chi connectivity index (χ3v) is 7.20. The fourth-order valence-electron chi connectivity index (χ4n) is 4.86. The first kappa shape index (κ1) is 36.6. The number of aryl methyl sites for hydroxylation is 2. The van der Waals surface area contributed by atoms with Crippen molar-refractivity contribution >= 4 is 18.1 Å². The molecule has 2 atom stereocenters. The quantitative estimate of drug-likeness (QED) is 0.198. The summed E-state index contributed by atoms with van der Waals surface area (Å²) in [5.74, 6) is -0.0744. The van der Waals surface area contributed by atoms with Crippen molar-refractivity contribution in [3.8, 4) is 0 Å². The maximum atomic E-state index is 13.6. The van der Waals surface area contributed by atoms with E-state index in [0.717, 1.165) is 25.7 Å². The van der Waals surface area contributed by atoms with Gasteiger partial charge in [0.15, 0.2) is 0 Å². The van der Waals surface area contributed by atoms with Gasteiger partial charge in [-0.25, -0.2) is 9.59 Å². The zero-order valence-electron chi connectivity index (χ0n) is 28.1. The SMILES string of the molecule is CC(C)C(CC[C@@H](CNC(=O)C(CCc1ccccc1)CCc1ccccc1)NC(=O)OC(C)(C)C)NC(=O)OC(C)(C)C. The highest BCUT2D eigenvalue weighted by Gasteiger charge is 2.26. The molecule has 0 radical (unpaired) electrons. The van der Waals surface area contributed by atoms with Gasteiger partial charge < -0.3 is 25.4 Å². The third-order valence-electron chi connectivity index (χ3n) is 7.20. The van der Waals surface area contributed by atoms with Crippen LogP contribution in [0.5, 0.6) is 0 Å². The number of nitrogens with one attached hydrogen (secondary N) is 3. The Balaban J connectivity index is 2.11. The lowest BCUT2D eigenvalue weighted by Crippen LogP contribution is -2.48. The first-order chi connectivity index (χ1) is 20.6. The van der Waals surface area contributed by atoms with E-state index >= 15 is 0 Å². The predicted octanol–water partition coefficient (Wildman–Crippen LogP) is 7.21. The molecule has 2 aromatic rings. The maximum absolute atomic E-state index is 13.6. The minimum atomic E-state index is -0.656. The van der Waals surface area contributed by atoms with Crippen LogP contribution in [0, 0.1) is 11.8 Å². The topological polar surface area (TPSA) is 106 Å². The average Bonchev–Trinajstić information content (AvgIpc) is 2.92. The van der Waals surface area contributed by atoms with Crippen molar-refractivity contribution < 1.29 is 23.9 Å². The summed E-state index contributed by atoms with van der Waals surface area (Å²) in [5.41, 5.74) is 1.14. The molecule has 0 bridgehead atoms. The second-order valence-corrected chi connectivity index (χ2v) is 13.9. The van der Waals surface area contributed by atoms with Gasteiger partial charge in [0, 0.05) is 24.5 Å². The van der Waals surface area contributed by atoms with Gasteiger partial charge in [-0.1, -0.05) is 74.5 Å². The van der Waals surface area contributed by atoms with Crippen LogP contribution in [0.25, 0.3) is 0 Å². The Morgan fingerprint density at radius 2 is 1.11 bits per heavy atom. The Hall–Kier alpha value is -3.55. The highest BCUT2D eigenvalue weighted by molar-refractivity contribution is 5.78. The zero-order chi connectivity index (χ0) is 32.8. The van der Waals surface area contributed by atoms with E-state index in [1.165, 1.54) is 11.1 Å². The fourth-order valence-corrected chi connectivity index (χ4v) is 4.86. The number of benzene rings is 2. The molecule has 0 spiro atoms. The molecule has 0 aliphatic heterocycles. The second-order valence-electron chi connectivity index (χ2n) is 13.9. The molecule has 0 saturated carbocycles. The van der Waals surface area contributed by atoms with Crippen LogP contribution in [0.15, 0.2) is 60.7 Å². The van der Waals surface area contributed by atoms with Gasteiger partial charge in [-0.2, -0.15) is 0 Å². The summed E-state index contributed by atoms with van der Waals surface area (Å²) >= 11 is 0. The van der Waals surface area contributed by atoms with E-state index in [2.05, 4.69) is 40.2 Å². The second kappa shape index (κ2) is 17.7. The Morgan fingerprint density at radius 3 is 1.55 bits per heavy atom. The van der Waals surface area contributed by atoms with E-state index in [-0.39, 0.29) is 36.4 Å². The molecule has 0 saturated heterocycles. The first-order valence-electron chi connectivity index (χ1n) is 16.0. The van der Waals surface area contributed by atoms with Crippen LogP contribution in [0.3, 0.4) is 0 Å². The zero-order valence-corrected chi connectivity index (χ0v) is 28.1. The molecule has 0 heterocycles. The molecule has 0 aromatic heterocycles. The van der Waals surface area contributed by atoms with E-state index < -0.39 is 23.4 Å². The van der Waals surface area contributed by atoms with Gasteiger partial charge >= 0.3 is 12.2 Å². The van der Waals surface area contributed by atoms with Crippen LogP contribution in [0.2, 0.25) is 0 Å². The predicted molar refractivity (Wildman–Crippen MR) is 176 cm³/mol. The van der Waals surface area contributed by atoms with Gasteiger partial charge in [-0.15, -0.1) is 0 Å². The Kier molecular flexibility index (Phi) is 14.7. The van der Waals surface area contributed by atoms with Gasteiger partial charge in [0.2, 0.25) is 5.91 Å². The van der Waals surface area contributed by atoms with E-state index in [9.17, 15) is 14.4 Å². The molecular formula is C36H55N3O5. The molecule has 2 aromatic carbocycles. The summed E-state index contributed by atoms with van der Waals surface area (Å²) in [4.78, 5) is 38.8. The normalized spacial score (nSPS) is 13.2. The molecule has 3 N–H and O–H groups in total. The number of alkyl carbamates (subject to hydrolysis) is 2. The standard InChI is InChI=1S/C36H55N3O5/c1-26(2)31(39-34(42)44-36(6,7)8)24-23-30(38-33(41)43-35(3,4)5)25-37-32(40)29(21-19-27-15-11-9-12-16-27)22-20-28-17-13-10-14-18-28/h9-18,26,29-31H,19-25H2,1-8H3,(H,37,40)(H,38,41)(H,39,42)/t30-,31?/m0/s1. The van der Waals surface area contributed by atoms with Crippen molar-refractivity contribution in [2.45, 2.75) is 117 Å². The number of ether oxygens (including phenoxy) is 2. The van der Waals surface area contributed by atoms with E-state index in [1.807, 2.05) is 91.8 Å². The lowest BCUT2D eigenvalue weighted by molar-refractivity contribution is -0.125. The third kappa shape index (κ3) is 15.8. The minimum absolute atomic E-state index is 0.0276. The van der Waals surface area contributed by atoms with Crippen LogP contribution in [0.1, 0.15) is 92.2 Å². The smallest absolute Gasteiger partial charge is 0.407 e. The summed E-state index contributed by atoms with van der Waals surface area (Å²) in [5, 5.41) is 9.05. The average molecular weight is 610 g/mol. The van der Waals surface area contributed by atoms with Crippen molar-refractivity contribution in [3.05, 3.63) is 71.8 Å². The van der Waals surface area contributed by atoms with Crippen LogP contribution in [-0.2, 0) is 27.1 Å². The summed E-state index contributed by atoms with van der Waals surface area (Å²) < 4.78 is 11.0. The molecule has 44 heavy (non-hydrogen) atoms. The maximum Gasteiger partial charge on any atom is 0.407 e. The highest BCUT2D eigenvalue weighted by atomic mass is 16.6. The minimum Gasteiger partial charge on any atom is -0.444 e. The largest absolute Gasteiger partial charge is 0.444 e. The molecular weight excluding hydrogens is 554 g/mol. The molecule has 8 nitrogen and oxygen atoms in total. The molecule has 2 rings (SSSR count).